The molecule has 0 bridgehead atoms. The number of carboxylic acid groups (broad SMARTS) is 2. The first-order valence-electron chi connectivity index (χ1n) is 4.05. The van der Waals surface area contributed by atoms with Gasteiger partial charge in [-0.1, -0.05) is 0 Å². The molecule has 5 nitrogen and oxygen atoms in total. The summed E-state index contributed by atoms with van der Waals surface area (Å²) >= 11 is 0. The van der Waals surface area contributed by atoms with Gasteiger partial charge < -0.3 is 15.3 Å². The first-order chi connectivity index (χ1) is 7.64. The van der Waals surface area contributed by atoms with Crippen LogP contribution >= 0.6 is 0 Å². The maximum atomic E-state index is 12.3. The molecule has 0 spiro atoms. The van der Waals surface area contributed by atoms with Crippen molar-refractivity contribution in [1.29, 1.82) is 0 Å². The monoisotopic (exact) mass is 250 g/mol. The van der Waals surface area contributed by atoms with Gasteiger partial charge in [0.1, 0.15) is 16.9 Å². The van der Waals surface area contributed by atoms with Crippen molar-refractivity contribution in [2.45, 2.75) is 6.18 Å². The normalized spacial score (nSPS) is 11.2. The zero-order chi connectivity index (χ0) is 13.4. The molecule has 1 aromatic rings. The molecule has 0 unspecified atom stereocenters. The summed E-state index contributed by atoms with van der Waals surface area (Å²) in [6.45, 7) is 0. The zero-order valence-corrected chi connectivity index (χ0v) is 7.95. The van der Waals surface area contributed by atoms with E-state index in [-0.39, 0.29) is 12.1 Å². The number of aromatic hydroxyl groups is 1. The average Bonchev–Trinajstić information content (AvgIpc) is 2.14. The Morgan fingerprint density at radius 1 is 1.00 bits per heavy atom. The molecule has 92 valence electrons. The number of carbonyl (C=O) groups is 2. The number of benzene rings is 1. The summed E-state index contributed by atoms with van der Waals surface area (Å²) in [6.07, 6.45) is -4.90. The van der Waals surface area contributed by atoms with Gasteiger partial charge in [0.2, 0.25) is 0 Å². The third-order valence-corrected chi connectivity index (χ3v) is 1.90. The second kappa shape index (κ2) is 3.96. The van der Waals surface area contributed by atoms with Crippen LogP contribution in [-0.4, -0.2) is 27.3 Å². The number of halogens is 3. The molecule has 1 rings (SSSR count). The van der Waals surface area contributed by atoms with Gasteiger partial charge in [0.25, 0.3) is 0 Å². The van der Waals surface area contributed by atoms with Crippen molar-refractivity contribution in [2.24, 2.45) is 0 Å². The van der Waals surface area contributed by atoms with E-state index < -0.39 is 40.6 Å². The fraction of sp³-hybridized carbons (Fsp3) is 0.111. The molecule has 0 saturated carbocycles. The Labute approximate surface area is 91.7 Å². The van der Waals surface area contributed by atoms with Crippen LogP contribution < -0.4 is 0 Å². The van der Waals surface area contributed by atoms with Gasteiger partial charge >= 0.3 is 18.1 Å². The van der Waals surface area contributed by atoms with Crippen molar-refractivity contribution in [1.82, 2.24) is 0 Å². The van der Waals surface area contributed by atoms with Crippen LogP contribution in [-0.2, 0) is 6.18 Å². The summed E-state index contributed by atoms with van der Waals surface area (Å²) < 4.78 is 37.0. The minimum absolute atomic E-state index is 0.171. The number of aromatic carboxylic acids is 2. The van der Waals surface area contributed by atoms with Gasteiger partial charge in [-0.15, -0.1) is 0 Å². The van der Waals surface area contributed by atoms with Gasteiger partial charge in [-0.2, -0.15) is 13.2 Å². The van der Waals surface area contributed by atoms with Crippen molar-refractivity contribution < 1.29 is 38.1 Å². The Kier molecular flexibility index (Phi) is 2.99. The lowest BCUT2D eigenvalue weighted by Gasteiger charge is -2.10. The molecule has 8 heteroatoms. The fourth-order valence-electron chi connectivity index (χ4n) is 1.12. The van der Waals surface area contributed by atoms with E-state index in [9.17, 15) is 27.9 Å². The van der Waals surface area contributed by atoms with Crippen LogP contribution in [0.5, 0.6) is 5.75 Å². The van der Waals surface area contributed by atoms with Gasteiger partial charge in [-0.25, -0.2) is 9.59 Å². The van der Waals surface area contributed by atoms with Crippen LogP contribution in [0.4, 0.5) is 13.2 Å². The molecule has 0 aliphatic rings. The highest BCUT2D eigenvalue weighted by molar-refractivity contribution is 5.99. The van der Waals surface area contributed by atoms with Crippen LogP contribution in [0.15, 0.2) is 12.1 Å². The summed E-state index contributed by atoms with van der Waals surface area (Å²) in [5.41, 5.74) is -3.68. The molecule has 0 aliphatic heterocycles. The fourth-order valence-corrected chi connectivity index (χ4v) is 1.12. The standard InChI is InChI=1S/C9H5F3O5/c10-9(11,12)3-1-4(7(14)15)6(13)5(2-3)8(16)17/h1-2,13H,(H,14,15)(H,16,17). The Morgan fingerprint density at radius 3 is 1.59 bits per heavy atom. The first kappa shape index (κ1) is 12.8. The van der Waals surface area contributed by atoms with Crippen LogP contribution in [0.3, 0.4) is 0 Å². The van der Waals surface area contributed by atoms with Gasteiger partial charge in [0.15, 0.2) is 0 Å². The van der Waals surface area contributed by atoms with Crippen molar-refractivity contribution in [3.8, 4) is 5.75 Å². The summed E-state index contributed by atoms with van der Waals surface area (Å²) in [5, 5.41) is 26.3. The molecule has 0 amide bonds. The molecule has 0 heterocycles. The first-order valence-corrected chi connectivity index (χ1v) is 4.05. The quantitative estimate of drug-likeness (QED) is 0.743. The summed E-state index contributed by atoms with van der Waals surface area (Å²) in [7, 11) is 0. The zero-order valence-electron chi connectivity index (χ0n) is 7.95. The summed E-state index contributed by atoms with van der Waals surface area (Å²) in [6, 6.07) is 0.341. The van der Waals surface area contributed by atoms with Crippen molar-refractivity contribution in [3.05, 3.63) is 28.8 Å². The molecule has 0 aliphatic carbocycles. The van der Waals surface area contributed by atoms with E-state index in [1.807, 2.05) is 0 Å². The van der Waals surface area contributed by atoms with E-state index in [1.54, 1.807) is 0 Å². The van der Waals surface area contributed by atoms with Crippen molar-refractivity contribution >= 4 is 11.9 Å². The molecule has 3 N–H and O–H groups in total. The second-order valence-electron chi connectivity index (χ2n) is 3.03. The molecular weight excluding hydrogens is 245 g/mol. The third-order valence-electron chi connectivity index (χ3n) is 1.90. The molecule has 0 atom stereocenters. The highest BCUT2D eigenvalue weighted by atomic mass is 19.4. The minimum atomic E-state index is -4.90. The molecule has 0 radical (unpaired) electrons. The van der Waals surface area contributed by atoms with Gasteiger partial charge in [0.05, 0.1) is 5.56 Å². The predicted molar refractivity (Wildman–Crippen MR) is 47.0 cm³/mol. The lowest BCUT2D eigenvalue weighted by molar-refractivity contribution is -0.137. The molecule has 1 aromatic carbocycles. The van der Waals surface area contributed by atoms with E-state index in [0.29, 0.717) is 0 Å². The molecular formula is C9H5F3O5. The van der Waals surface area contributed by atoms with E-state index in [2.05, 4.69) is 0 Å². The molecule has 0 fully saturated rings. The average molecular weight is 250 g/mol. The maximum absolute atomic E-state index is 12.3. The van der Waals surface area contributed by atoms with Gasteiger partial charge in [-0.05, 0) is 12.1 Å². The highest BCUT2D eigenvalue weighted by Crippen LogP contribution is 2.34. The van der Waals surface area contributed by atoms with Crippen LogP contribution in [0.1, 0.15) is 26.3 Å². The van der Waals surface area contributed by atoms with E-state index in [0.717, 1.165) is 0 Å². The lowest BCUT2D eigenvalue weighted by Crippen LogP contribution is -2.11. The predicted octanol–water partition coefficient (Wildman–Crippen LogP) is 1.81. The highest BCUT2D eigenvalue weighted by Gasteiger charge is 2.34. The Morgan fingerprint density at radius 2 is 1.35 bits per heavy atom. The second-order valence-corrected chi connectivity index (χ2v) is 3.03. The number of hydrogen-bond acceptors (Lipinski definition) is 3. The minimum Gasteiger partial charge on any atom is -0.506 e. The number of carboxylic acids is 2. The molecule has 0 saturated heterocycles. The van der Waals surface area contributed by atoms with Gasteiger partial charge in [-0.3, -0.25) is 0 Å². The Hall–Kier alpha value is -2.25. The number of hydrogen-bond donors (Lipinski definition) is 3. The maximum Gasteiger partial charge on any atom is 0.416 e. The molecule has 0 aromatic heterocycles. The third kappa shape index (κ3) is 2.47. The van der Waals surface area contributed by atoms with Crippen LogP contribution in [0.25, 0.3) is 0 Å². The lowest BCUT2D eigenvalue weighted by atomic mass is 10.0. The van der Waals surface area contributed by atoms with Gasteiger partial charge in [0, 0.05) is 0 Å². The number of rotatable bonds is 2. The van der Waals surface area contributed by atoms with Crippen molar-refractivity contribution in [2.75, 3.05) is 0 Å². The van der Waals surface area contributed by atoms with Crippen LogP contribution in [0, 0.1) is 0 Å². The van der Waals surface area contributed by atoms with E-state index in [1.165, 1.54) is 0 Å². The Bertz CT molecular complexity index is 457. The number of phenols is 1. The van der Waals surface area contributed by atoms with E-state index >= 15 is 0 Å². The topological polar surface area (TPSA) is 94.8 Å². The summed E-state index contributed by atoms with van der Waals surface area (Å²) in [5.74, 6) is -4.91. The largest absolute Gasteiger partial charge is 0.506 e. The smallest absolute Gasteiger partial charge is 0.416 e. The number of alkyl halides is 3. The SMILES string of the molecule is O=C(O)c1cc(C(F)(F)F)cc(C(=O)O)c1O. The summed E-state index contributed by atoms with van der Waals surface area (Å²) in [4.78, 5) is 21.1. The molecule has 17 heavy (non-hydrogen) atoms. The Balaban J connectivity index is 3.59. The van der Waals surface area contributed by atoms with Crippen LogP contribution in [0.2, 0.25) is 0 Å². The van der Waals surface area contributed by atoms with E-state index in [4.69, 9.17) is 10.2 Å². The van der Waals surface area contributed by atoms with Crippen molar-refractivity contribution in [3.63, 3.8) is 0 Å².